The van der Waals surface area contributed by atoms with Crippen molar-refractivity contribution in [2.75, 3.05) is 11.1 Å². The molecule has 0 aliphatic carbocycles. The first-order valence-electron chi connectivity index (χ1n) is 5.29. The van der Waals surface area contributed by atoms with Gasteiger partial charge in [0.2, 0.25) is 0 Å². The SMILES string of the molecule is Nc1ccc(Br)c(NC(=O)c2cccc(Cl)c2F)c1. The van der Waals surface area contributed by atoms with Gasteiger partial charge in [-0.2, -0.15) is 0 Å². The molecular formula is C13H9BrClFN2O. The Balaban J connectivity index is 2.31. The molecule has 3 nitrogen and oxygen atoms in total. The Bertz CT molecular complexity index is 649. The number of nitrogens with two attached hydrogens (primary N) is 1. The van der Waals surface area contributed by atoms with Crippen LogP contribution in [0, 0.1) is 5.82 Å². The van der Waals surface area contributed by atoms with Gasteiger partial charge in [-0.15, -0.1) is 0 Å². The van der Waals surface area contributed by atoms with Crippen LogP contribution in [0.2, 0.25) is 5.02 Å². The molecule has 3 N–H and O–H groups in total. The van der Waals surface area contributed by atoms with Gasteiger partial charge in [-0.3, -0.25) is 4.79 Å². The van der Waals surface area contributed by atoms with Crippen molar-refractivity contribution in [3.63, 3.8) is 0 Å². The Morgan fingerprint density at radius 2 is 2.05 bits per heavy atom. The largest absolute Gasteiger partial charge is 0.399 e. The van der Waals surface area contributed by atoms with Crippen molar-refractivity contribution < 1.29 is 9.18 Å². The number of nitrogens with one attached hydrogen (secondary N) is 1. The molecule has 1 amide bonds. The lowest BCUT2D eigenvalue weighted by Crippen LogP contribution is -2.14. The predicted octanol–water partition coefficient (Wildman–Crippen LogP) is 4.08. The summed E-state index contributed by atoms with van der Waals surface area (Å²) in [4.78, 5) is 12.0. The molecule has 0 heterocycles. The lowest BCUT2D eigenvalue weighted by molar-refractivity contribution is 0.102. The number of carbonyl (C=O) groups is 1. The molecule has 0 aliphatic heterocycles. The maximum atomic E-state index is 13.7. The molecule has 0 atom stereocenters. The van der Waals surface area contributed by atoms with Gasteiger partial charge in [0.05, 0.1) is 16.3 Å². The summed E-state index contributed by atoms with van der Waals surface area (Å²) >= 11 is 8.91. The molecule has 0 saturated carbocycles. The first-order valence-corrected chi connectivity index (χ1v) is 6.46. The number of amides is 1. The van der Waals surface area contributed by atoms with E-state index in [0.717, 1.165) is 0 Å². The highest BCUT2D eigenvalue weighted by Crippen LogP contribution is 2.26. The fraction of sp³-hybridized carbons (Fsp3) is 0. The zero-order valence-corrected chi connectivity index (χ0v) is 11.9. The van der Waals surface area contributed by atoms with Gasteiger partial charge in [-0.1, -0.05) is 17.7 Å². The number of hydrogen-bond acceptors (Lipinski definition) is 2. The molecule has 2 aromatic carbocycles. The molecule has 0 bridgehead atoms. The molecule has 0 radical (unpaired) electrons. The predicted molar refractivity (Wildman–Crippen MR) is 77.9 cm³/mol. The summed E-state index contributed by atoms with van der Waals surface area (Å²) in [7, 11) is 0. The number of rotatable bonds is 2. The molecule has 0 fully saturated rings. The molecular weight excluding hydrogens is 335 g/mol. The normalized spacial score (nSPS) is 10.3. The Hall–Kier alpha value is -1.59. The fourth-order valence-electron chi connectivity index (χ4n) is 1.51. The first-order chi connectivity index (χ1) is 8.99. The van der Waals surface area contributed by atoms with E-state index in [1.54, 1.807) is 18.2 Å². The van der Waals surface area contributed by atoms with Crippen LogP contribution >= 0.6 is 27.5 Å². The van der Waals surface area contributed by atoms with E-state index in [1.807, 2.05) is 0 Å². The van der Waals surface area contributed by atoms with Crippen molar-refractivity contribution in [2.24, 2.45) is 0 Å². The number of benzene rings is 2. The Morgan fingerprint density at radius 1 is 1.32 bits per heavy atom. The van der Waals surface area contributed by atoms with Crippen LogP contribution in [0.1, 0.15) is 10.4 Å². The molecule has 0 spiro atoms. The second-order valence-corrected chi connectivity index (χ2v) is 5.06. The van der Waals surface area contributed by atoms with Gasteiger partial charge in [0.15, 0.2) is 5.82 Å². The third-order valence-electron chi connectivity index (χ3n) is 2.43. The average molecular weight is 344 g/mol. The number of hydrogen-bond donors (Lipinski definition) is 2. The maximum Gasteiger partial charge on any atom is 0.258 e. The van der Waals surface area contributed by atoms with E-state index in [9.17, 15) is 9.18 Å². The zero-order valence-electron chi connectivity index (χ0n) is 9.58. The zero-order chi connectivity index (χ0) is 14.0. The van der Waals surface area contributed by atoms with Crippen molar-refractivity contribution >= 4 is 44.8 Å². The fourth-order valence-corrected chi connectivity index (χ4v) is 2.03. The summed E-state index contributed by atoms with van der Waals surface area (Å²) in [5.41, 5.74) is 6.46. The van der Waals surface area contributed by atoms with Crippen LogP contribution in [-0.4, -0.2) is 5.91 Å². The van der Waals surface area contributed by atoms with E-state index < -0.39 is 11.7 Å². The second kappa shape index (κ2) is 5.59. The molecule has 6 heteroatoms. The monoisotopic (exact) mass is 342 g/mol. The smallest absolute Gasteiger partial charge is 0.258 e. The van der Waals surface area contributed by atoms with Gasteiger partial charge in [-0.25, -0.2) is 4.39 Å². The molecule has 2 aromatic rings. The van der Waals surface area contributed by atoms with Crippen molar-refractivity contribution in [1.82, 2.24) is 0 Å². The van der Waals surface area contributed by atoms with Crippen LogP contribution in [0.15, 0.2) is 40.9 Å². The van der Waals surface area contributed by atoms with Crippen molar-refractivity contribution in [2.45, 2.75) is 0 Å². The van der Waals surface area contributed by atoms with Gasteiger partial charge in [0.1, 0.15) is 0 Å². The molecule has 0 aliphatic rings. The Labute approximate surface area is 122 Å². The average Bonchev–Trinajstić information content (AvgIpc) is 2.37. The van der Waals surface area contributed by atoms with Gasteiger partial charge < -0.3 is 11.1 Å². The number of anilines is 2. The summed E-state index contributed by atoms with van der Waals surface area (Å²) in [6, 6.07) is 9.19. The maximum absolute atomic E-state index is 13.7. The number of nitrogen functional groups attached to an aromatic ring is 1. The Kier molecular flexibility index (Phi) is 4.07. The molecule has 19 heavy (non-hydrogen) atoms. The highest BCUT2D eigenvalue weighted by Gasteiger charge is 2.15. The van der Waals surface area contributed by atoms with Crippen molar-refractivity contribution in [3.8, 4) is 0 Å². The summed E-state index contributed by atoms with van der Waals surface area (Å²) in [6.45, 7) is 0. The standard InChI is InChI=1S/C13H9BrClFN2O/c14-9-5-4-7(17)6-11(9)18-13(19)8-2-1-3-10(15)12(8)16/h1-6H,17H2,(H,18,19). The van der Waals surface area contributed by atoms with E-state index in [-0.39, 0.29) is 10.6 Å². The lowest BCUT2D eigenvalue weighted by Gasteiger charge is -2.09. The van der Waals surface area contributed by atoms with Crippen LogP contribution < -0.4 is 11.1 Å². The summed E-state index contributed by atoms with van der Waals surface area (Å²) in [5.74, 6) is -1.34. The minimum atomic E-state index is -0.748. The van der Waals surface area contributed by atoms with Gasteiger partial charge >= 0.3 is 0 Å². The topological polar surface area (TPSA) is 55.1 Å². The van der Waals surface area contributed by atoms with Gasteiger partial charge in [0, 0.05) is 10.2 Å². The highest BCUT2D eigenvalue weighted by molar-refractivity contribution is 9.10. The number of halogens is 3. The van der Waals surface area contributed by atoms with Crippen LogP contribution in [-0.2, 0) is 0 Å². The van der Waals surface area contributed by atoms with Gasteiger partial charge in [-0.05, 0) is 46.3 Å². The van der Waals surface area contributed by atoms with E-state index in [0.29, 0.717) is 15.8 Å². The van der Waals surface area contributed by atoms with E-state index in [2.05, 4.69) is 21.2 Å². The third-order valence-corrected chi connectivity index (χ3v) is 3.42. The van der Waals surface area contributed by atoms with Crippen LogP contribution in [0.4, 0.5) is 15.8 Å². The molecule has 98 valence electrons. The van der Waals surface area contributed by atoms with Crippen LogP contribution in [0.3, 0.4) is 0 Å². The van der Waals surface area contributed by atoms with Gasteiger partial charge in [0.25, 0.3) is 5.91 Å². The highest BCUT2D eigenvalue weighted by atomic mass is 79.9. The quantitative estimate of drug-likeness (QED) is 0.807. The number of carbonyl (C=O) groups excluding carboxylic acids is 1. The minimum absolute atomic E-state index is 0.0979. The summed E-state index contributed by atoms with van der Waals surface area (Å²) < 4.78 is 14.4. The van der Waals surface area contributed by atoms with Crippen LogP contribution in [0.25, 0.3) is 0 Å². The van der Waals surface area contributed by atoms with Crippen molar-refractivity contribution in [1.29, 1.82) is 0 Å². The first kappa shape index (κ1) is 13.8. The minimum Gasteiger partial charge on any atom is -0.399 e. The van der Waals surface area contributed by atoms with E-state index >= 15 is 0 Å². The molecule has 0 aromatic heterocycles. The molecule has 0 unspecified atom stereocenters. The Morgan fingerprint density at radius 3 is 2.79 bits per heavy atom. The third kappa shape index (κ3) is 3.05. The molecule has 0 saturated heterocycles. The molecule has 2 rings (SSSR count). The second-order valence-electron chi connectivity index (χ2n) is 3.79. The summed E-state index contributed by atoms with van der Waals surface area (Å²) in [6.07, 6.45) is 0. The van der Waals surface area contributed by atoms with Crippen molar-refractivity contribution in [3.05, 3.63) is 57.3 Å². The lowest BCUT2D eigenvalue weighted by atomic mass is 10.2. The van der Waals surface area contributed by atoms with E-state index in [4.69, 9.17) is 17.3 Å². The summed E-state index contributed by atoms with van der Waals surface area (Å²) in [5, 5.41) is 2.47. The van der Waals surface area contributed by atoms with E-state index in [1.165, 1.54) is 18.2 Å². The van der Waals surface area contributed by atoms with Crippen LogP contribution in [0.5, 0.6) is 0 Å².